The van der Waals surface area contributed by atoms with Gasteiger partial charge in [-0.1, -0.05) is 44.2 Å². The largest absolute Gasteiger partial charge is 0.356 e. The summed E-state index contributed by atoms with van der Waals surface area (Å²) in [7, 11) is 0. The molecule has 0 radical (unpaired) electrons. The molecule has 0 aliphatic carbocycles. The van der Waals surface area contributed by atoms with Crippen LogP contribution in [0.4, 0.5) is 5.82 Å². The molecule has 1 atom stereocenters. The van der Waals surface area contributed by atoms with Crippen molar-refractivity contribution in [1.82, 2.24) is 29.8 Å². The molecule has 1 aromatic carbocycles. The Morgan fingerprint density at radius 2 is 1.83 bits per heavy atom. The molecule has 1 fully saturated rings. The number of pyridine rings is 1. The van der Waals surface area contributed by atoms with Crippen molar-refractivity contribution in [3.63, 3.8) is 0 Å². The van der Waals surface area contributed by atoms with Gasteiger partial charge in [0.2, 0.25) is 0 Å². The number of rotatable bonds is 9. The third kappa shape index (κ3) is 4.81. The molecule has 0 saturated carbocycles. The van der Waals surface area contributed by atoms with E-state index in [1.54, 1.807) is 10.7 Å². The van der Waals surface area contributed by atoms with E-state index in [1.807, 2.05) is 54.7 Å². The topological polar surface area (TPSA) is 78.7 Å². The standard InChI is InChI=1S/C28H33N7O/c1-4-33(5-2)20(3)18-29-28(36)22-16-25(31-26(17-22)34-13-9-14-34)23-19-30-35-15-12-24(32-27(23)35)21-10-7-6-8-11-21/h6-8,10-12,15-17,19-20H,4-5,9,13-14,18H2,1-3H3,(H,29,36). The summed E-state index contributed by atoms with van der Waals surface area (Å²) < 4.78 is 1.76. The van der Waals surface area contributed by atoms with E-state index in [4.69, 9.17) is 9.97 Å². The number of carbonyl (C=O) groups is 1. The zero-order chi connectivity index (χ0) is 25.1. The fourth-order valence-corrected chi connectivity index (χ4v) is 4.63. The Labute approximate surface area is 212 Å². The molecule has 8 heteroatoms. The van der Waals surface area contributed by atoms with Crippen molar-refractivity contribution in [3.05, 3.63) is 66.5 Å². The number of hydrogen-bond acceptors (Lipinski definition) is 6. The Bertz CT molecular complexity index is 1340. The van der Waals surface area contributed by atoms with Crippen LogP contribution in [-0.2, 0) is 0 Å². The second kappa shape index (κ2) is 10.5. The zero-order valence-electron chi connectivity index (χ0n) is 21.2. The lowest BCUT2D eigenvalue weighted by Gasteiger charge is -2.32. The molecule has 0 bridgehead atoms. The van der Waals surface area contributed by atoms with Gasteiger partial charge in [0.05, 0.1) is 23.1 Å². The van der Waals surface area contributed by atoms with Crippen LogP contribution < -0.4 is 10.2 Å². The van der Waals surface area contributed by atoms with Gasteiger partial charge in [-0.25, -0.2) is 14.5 Å². The Morgan fingerprint density at radius 1 is 1.06 bits per heavy atom. The van der Waals surface area contributed by atoms with E-state index in [1.165, 1.54) is 0 Å². The van der Waals surface area contributed by atoms with Gasteiger partial charge in [0.25, 0.3) is 5.91 Å². The number of nitrogens with zero attached hydrogens (tertiary/aromatic N) is 6. The number of nitrogens with one attached hydrogen (secondary N) is 1. The van der Waals surface area contributed by atoms with Gasteiger partial charge in [-0.3, -0.25) is 9.69 Å². The van der Waals surface area contributed by atoms with Crippen LogP contribution in [0, 0.1) is 0 Å². The highest BCUT2D eigenvalue weighted by atomic mass is 16.1. The maximum absolute atomic E-state index is 13.2. The highest BCUT2D eigenvalue weighted by molar-refractivity contribution is 5.96. The summed E-state index contributed by atoms with van der Waals surface area (Å²) in [5.74, 6) is 0.730. The minimum Gasteiger partial charge on any atom is -0.356 e. The molecule has 1 saturated heterocycles. The average molecular weight is 484 g/mol. The van der Waals surface area contributed by atoms with E-state index in [0.29, 0.717) is 23.4 Å². The predicted octanol–water partition coefficient (Wildman–Crippen LogP) is 4.13. The number of fused-ring (bicyclic) bond motifs is 1. The molecular formula is C28H33N7O. The third-order valence-electron chi connectivity index (χ3n) is 6.96. The predicted molar refractivity (Wildman–Crippen MR) is 143 cm³/mol. The minimum atomic E-state index is -0.0890. The fraction of sp³-hybridized carbons (Fsp3) is 0.357. The van der Waals surface area contributed by atoms with Crippen LogP contribution >= 0.6 is 0 Å². The number of anilines is 1. The zero-order valence-corrected chi connectivity index (χ0v) is 21.2. The Kier molecular flexibility index (Phi) is 6.95. The second-order valence-corrected chi connectivity index (χ2v) is 9.23. The monoisotopic (exact) mass is 483 g/mol. The molecule has 1 N–H and O–H groups in total. The number of amides is 1. The summed E-state index contributed by atoms with van der Waals surface area (Å²) in [6.07, 6.45) is 4.83. The van der Waals surface area contributed by atoms with Gasteiger partial charge in [0.15, 0.2) is 5.65 Å². The van der Waals surface area contributed by atoms with Gasteiger partial charge in [-0.05, 0) is 44.6 Å². The molecule has 0 spiro atoms. The van der Waals surface area contributed by atoms with Gasteiger partial charge in [0.1, 0.15) is 5.82 Å². The Balaban J connectivity index is 1.49. The van der Waals surface area contributed by atoms with E-state index in [2.05, 4.69) is 41.0 Å². The Hall–Kier alpha value is -3.78. The van der Waals surface area contributed by atoms with Crippen molar-refractivity contribution in [3.8, 4) is 22.5 Å². The maximum Gasteiger partial charge on any atom is 0.251 e. The molecule has 36 heavy (non-hydrogen) atoms. The lowest BCUT2D eigenvalue weighted by atomic mass is 10.1. The van der Waals surface area contributed by atoms with Crippen LogP contribution in [0.1, 0.15) is 37.6 Å². The first-order chi connectivity index (χ1) is 17.6. The second-order valence-electron chi connectivity index (χ2n) is 9.23. The average Bonchev–Trinajstić information content (AvgIpc) is 3.31. The van der Waals surface area contributed by atoms with E-state index in [0.717, 1.165) is 55.2 Å². The highest BCUT2D eigenvalue weighted by Gasteiger charge is 2.21. The fourth-order valence-electron chi connectivity index (χ4n) is 4.63. The summed E-state index contributed by atoms with van der Waals surface area (Å²) >= 11 is 0. The van der Waals surface area contributed by atoms with E-state index >= 15 is 0 Å². The first-order valence-electron chi connectivity index (χ1n) is 12.8. The van der Waals surface area contributed by atoms with E-state index in [-0.39, 0.29) is 11.9 Å². The first kappa shape index (κ1) is 23.9. The van der Waals surface area contributed by atoms with E-state index in [9.17, 15) is 4.79 Å². The summed E-state index contributed by atoms with van der Waals surface area (Å²) in [5.41, 5.74) is 4.73. The summed E-state index contributed by atoms with van der Waals surface area (Å²) in [4.78, 5) is 27.6. The SMILES string of the molecule is CCN(CC)C(C)CNC(=O)c1cc(-c2cnn3ccc(-c4ccccc4)nc23)nc(N2CCC2)c1. The number of benzene rings is 1. The summed E-state index contributed by atoms with van der Waals surface area (Å²) in [5, 5.41) is 7.63. The lowest BCUT2D eigenvalue weighted by molar-refractivity contribution is 0.0938. The smallest absolute Gasteiger partial charge is 0.251 e. The molecule has 1 unspecified atom stereocenters. The molecule has 4 heterocycles. The van der Waals surface area contributed by atoms with Gasteiger partial charge in [-0.2, -0.15) is 5.10 Å². The van der Waals surface area contributed by atoms with Crippen LogP contribution in [0.3, 0.4) is 0 Å². The minimum absolute atomic E-state index is 0.0890. The van der Waals surface area contributed by atoms with Crippen molar-refractivity contribution in [2.24, 2.45) is 0 Å². The van der Waals surface area contributed by atoms with Crippen LogP contribution in [-0.4, -0.2) is 69.2 Å². The number of carbonyl (C=O) groups excluding carboxylic acids is 1. The molecule has 1 amide bonds. The molecule has 4 aromatic rings. The number of aromatic nitrogens is 4. The van der Waals surface area contributed by atoms with Crippen molar-refractivity contribution in [2.45, 2.75) is 33.2 Å². The van der Waals surface area contributed by atoms with Crippen molar-refractivity contribution in [2.75, 3.05) is 37.6 Å². The van der Waals surface area contributed by atoms with Crippen LogP contribution in [0.25, 0.3) is 28.2 Å². The Morgan fingerprint density at radius 3 is 2.53 bits per heavy atom. The first-order valence-corrected chi connectivity index (χ1v) is 12.8. The third-order valence-corrected chi connectivity index (χ3v) is 6.96. The van der Waals surface area contributed by atoms with Crippen LogP contribution in [0.15, 0.2) is 60.9 Å². The normalized spacial score (nSPS) is 14.2. The molecule has 1 aliphatic heterocycles. The maximum atomic E-state index is 13.2. The van der Waals surface area contributed by atoms with Gasteiger partial charge in [0, 0.05) is 43.0 Å². The van der Waals surface area contributed by atoms with Gasteiger partial charge >= 0.3 is 0 Å². The molecular weight excluding hydrogens is 450 g/mol. The van der Waals surface area contributed by atoms with Crippen LogP contribution in [0.5, 0.6) is 0 Å². The number of hydrogen-bond donors (Lipinski definition) is 1. The molecule has 1 aliphatic rings. The van der Waals surface area contributed by atoms with Crippen molar-refractivity contribution >= 4 is 17.4 Å². The van der Waals surface area contributed by atoms with Gasteiger partial charge < -0.3 is 10.2 Å². The van der Waals surface area contributed by atoms with Crippen LogP contribution in [0.2, 0.25) is 0 Å². The van der Waals surface area contributed by atoms with E-state index < -0.39 is 0 Å². The highest BCUT2D eigenvalue weighted by Crippen LogP contribution is 2.29. The quantitative estimate of drug-likeness (QED) is 0.386. The summed E-state index contributed by atoms with van der Waals surface area (Å²) in [6, 6.07) is 16.1. The van der Waals surface area contributed by atoms with Crippen molar-refractivity contribution < 1.29 is 4.79 Å². The lowest BCUT2D eigenvalue weighted by Crippen LogP contribution is -2.42. The van der Waals surface area contributed by atoms with Crippen molar-refractivity contribution in [1.29, 1.82) is 0 Å². The summed E-state index contributed by atoms with van der Waals surface area (Å²) in [6.45, 7) is 10.8. The molecule has 3 aromatic heterocycles. The molecule has 186 valence electrons. The molecule has 5 rings (SSSR count). The van der Waals surface area contributed by atoms with Gasteiger partial charge in [-0.15, -0.1) is 0 Å². The number of likely N-dealkylation sites (N-methyl/N-ethyl adjacent to an activating group) is 1. The molecule has 8 nitrogen and oxygen atoms in total.